The molecule has 1 fully saturated rings. The van der Waals surface area contributed by atoms with Crippen molar-refractivity contribution in [1.29, 1.82) is 0 Å². The van der Waals surface area contributed by atoms with E-state index in [-0.39, 0.29) is 24.2 Å². The zero-order valence-electron chi connectivity index (χ0n) is 10.8. The summed E-state index contributed by atoms with van der Waals surface area (Å²) in [6, 6.07) is 3.53. The van der Waals surface area contributed by atoms with Crippen LogP contribution in [0.5, 0.6) is 0 Å². The van der Waals surface area contributed by atoms with E-state index in [2.05, 4.69) is 4.98 Å². The minimum atomic E-state index is -0.576. The van der Waals surface area contributed by atoms with Gasteiger partial charge in [0.05, 0.1) is 11.0 Å². The molecule has 1 aliphatic rings. The molecule has 3 rings (SSSR count). The Labute approximate surface area is 114 Å². The quantitative estimate of drug-likeness (QED) is 0.790. The Kier molecular flexibility index (Phi) is 2.70. The largest absolute Gasteiger partial charge is 0.369 e. The van der Waals surface area contributed by atoms with Crippen LogP contribution in [-0.4, -0.2) is 33.3 Å². The standard InChI is InChI=1S/C13H13FN4O2/c1-17-11(19)5-4-10(12(17)20)18-9-3-2-7(14)6-8(9)16-13(18)15/h2-3,6,10H,4-5H2,1H3,(H2,15,16). The molecule has 104 valence electrons. The molecule has 2 heterocycles. The lowest BCUT2D eigenvalue weighted by Crippen LogP contribution is -2.43. The summed E-state index contributed by atoms with van der Waals surface area (Å²) in [7, 11) is 1.45. The van der Waals surface area contributed by atoms with Gasteiger partial charge in [0.2, 0.25) is 11.9 Å². The number of nitrogens with zero attached hydrogens (tertiary/aromatic N) is 3. The first-order chi connectivity index (χ1) is 9.49. The zero-order chi connectivity index (χ0) is 14.4. The van der Waals surface area contributed by atoms with Gasteiger partial charge in [0.25, 0.3) is 5.91 Å². The van der Waals surface area contributed by atoms with Gasteiger partial charge in [0.1, 0.15) is 11.9 Å². The minimum absolute atomic E-state index is 0.145. The summed E-state index contributed by atoms with van der Waals surface area (Å²) < 4.78 is 14.8. The van der Waals surface area contributed by atoms with Crippen molar-refractivity contribution < 1.29 is 14.0 Å². The number of imide groups is 1. The second-order valence-corrected chi connectivity index (χ2v) is 4.82. The number of aromatic nitrogens is 2. The summed E-state index contributed by atoms with van der Waals surface area (Å²) in [5.74, 6) is -0.798. The van der Waals surface area contributed by atoms with Crippen LogP contribution in [-0.2, 0) is 9.59 Å². The van der Waals surface area contributed by atoms with Crippen molar-refractivity contribution in [1.82, 2.24) is 14.5 Å². The Morgan fingerprint density at radius 2 is 2.15 bits per heavy atom. The third kappa shape index (κ3) is 1.74. The summed E-state index contributed by atoms with van der Waals surface area (Å²) in [6.45, 7) is 0. The van der Waals surface area contributed by atoms with Crippen molar-refractivity contribution in [2.24, 2.45) is 0 Å². The molecular formula is C13H13FN4O2. The molecule has 1 aliphatic heterocycles. The molecule has 0 aliphatic carbocycles. The fraction of sp³-hybridized carbons (Fsp3) is 0.308. The van der Waals surface area contributed by atoms with Gasteiger partial charge >= 0.3 is 0 Å². The molecule has 20 heavy (non-hydrogen) atoms. The predicted molar refractivity (Wildman–Crippen MR) is 70.2 cm³/mol. The maximum Gasteiger partial charge on any atom is 0.252 e. The average molecular weight is 276 g/mol. The monoisotopic (exact) mass is 276 g/mol. The van der Waals surface area contributed by atoms with E-state index in [1.807, 2.05) is 0 Å². The molecule has 2 amide bonds. The number of nitrogens with two attached hydrogens (primary N) is 1. The van der Waals surface area contributed by atoms with E-state index in [1.165, 1.54) is 25.2 Å². The second kappa shape index (κ2) is 4.29. The first-order valence-electron chi connectivity index (χ1n) is 6.22. The van der Waals surface area contributed by atoms with Gasteiger partial charge in [-0.1, -0.05) is 0 Å². The second-order valence-electron chi connectivity index (χ2n) is 4.82. The van der Waals surface area contributed by atoms with Crippen LogP contribution in [0.2, 0.25) is 0 Å². The van der Waals surface area contributed by atoms with Gasteiger partial charge in [-0.15, -0.1) is 0 Å². The van der Waals surface area contributed by atoms with Crippen LogP contribution in [0.4, 0.5) is 10.3 Å². The van der Waals surface area contributed by atoms with E-state index in [4.69, 9.17) is 5.73 Å². The Bertz CT molecular complexity index is 724. The van der Waals surface area contributed by atoms with Crippen molar-refractivity contribution in [2.75, 3.05) is 12.8 Å². The fourth-order valence-corrected chi connectivity index (χ4v) is 2.56. The Hall–Kier alpha value is -2.44. The molecule has 0 bridgehead atoms. The topological polar surface area (TPSA) is 81.2 Å². The number of amides is 2. The van der Waals surface area contributed by atoms with E-state index >= 15 is 0 Å². The summed E-state index contributed by atoms with van der Waals surface area (Å²) >= 11 is 0. The van der Waals surface area contributed by atoms with Gasteiger partial charge in [0.15, 0.2) is 0 Å². The molecule has 0 spiro atoms. The molecule has 2 aromatic rings. The number of piperidine rings is 1. The molecule has 2 N–H and O–H groups in total. The van der Waals surface area contributed by atoms with E-state index in [0.717, 1.165) is 4.90 Å². The van der Waals surface area contributed by atoms with Crippen LogP contribution in [0, 0.1) is 5.82 Å². The van der Waals surface area contributed by atoms with Gasteiger partial charge in [-0.3, -0.25) is 19.1 Å². The molecule has 1 atom stereocenters. The number of hydrogen-bond donors (Lipinski definition) is 1. The van der Waals surface area contributed by atoms with Crippen LogP contribution < -0.4 is 5.73 Å². The number of fused-ring (bicyclic) bond motifs is 1. The first-order valence-corrected chi connectivity index (χ1v) is 6.22. The van der Waals surface area contributed by atoms with Gasteiger partial charge in [-0.2, -0.15) is 0 Å². The summed E-state index contributed by atoms with van der Waals surface area (Å²) in [6.07, 6.45) is 0.641. The summed E-state index contributed by atoms with van der Waals surface area (Å²) in [4.78, 5) is 28.9. The van der Waals surface area contributed by atoms with E-state index in [1.54, 1.807) is 4.57 Å². The van der Waals surface area contributed by atoms with Crippen LogP contribution in [0.1, 0.15) is 18.9 Å². The smallest absolute Gasteiger partial charge is 0.252 e. The highest BCUT2D eigenvalue weighted by Gasteiger charge is 2.34. The third-order valence-corrected chi connectivity index (χ3v) is 3.61. The fourth-order valence-electron chi connectivity index (χ4n) is 2.56. The lowest BCUT2D eigenvalue weighted by atomic mass is 10.0. The number of anilines is 1. The number of likely N-dealkylation sites (N-methyl/N-ethyl adjacent to an activating group) is 1. The maximum absolute atomic E-state index is 13.2. The Morgan fingerprint density at radius 1 is 1.40 bits per heavy atom. The van der Waals surface area contributed by atoms with Crippen molar-refractivity contribution in [3.8, 4) is 0 Å². The van der Waals surface area contributed by atoms with Crippen molar-refractivity contribution in [2.45, 2.75) is 18.9 Å². The molecule has 1 saturated heterocycles. The van der Waals surface area contributed by atoms with Crippen molar-refractivity contribution in [3.63, 3.8) is 0 Å². The number of likely N-dealkylation sites (tertiary alicyclic amines) is 1. The lowest BCUT2D eigenvalue weighted by Gasteiger charge is -2.29. The number of carbonyl (C=O) groups excluding carboxylic acids is 2. The highest BCUT2D eigenvalue weighted by atomic mass is 19.1. The molecule has 0 saturated carbocycles. The molecular weight excluding hydrogens is 263 g/mol. The molecule has 1 unspecified atom stereocenters. The number of carbonyl (C=O) groups is 2. The van der Waals surface area contributed by atoms with Crippen molar-refractivity contribution >= 4 is 28.8 Å². The highest BCUT2D eigenvalue weighted by molar-refractivity contribution is 6.00. The number of nitrogen functional groups attached to an aromatic ring is 1. The van der Waals surface area contributed by atoms with Gasteiger partial charge in [-0.05, 0) is 18.6 Å². The van der Waals surface area contributed by atoms with E-state index in [0.29, 0.717) is 17.5 Å². The lowest BCUT2D eigenvalue weighted by molar-refractivity contribution is -0.149. The summed E-state index contributed by atoms with van der Waals surface area (Å²) in [5.41, 5.74) is 6.84. The van der Waals surface area contributed by atoms with Crippen LogP contribution in [0.15, 0.2) is 18.2 Å². The van der Waals surface area contributed by atoms with E-state index in [9.17, 15) is 14.0 Å². The predicted octanol–water partition coefficient (Wildman–Crippen LogP) is 1.08. The number of halogens is 1. The normalized spacial score (nSPS) is 19.9. The van der Waals surface area contributed by atoms with Gasteiger partial charge in [-0.25, -0.2) is 9.37 Å². The SMILES string of the molecule is CN1C(=O)CCC(n2c(N)nc3cc(F)ccc32)C1=O. The third-order valence-electron chi connectivity index (χ3n) is 3.61. The minimum Gasteiger partial charge on any atom is -0.369 e. The molecule has 7 heteroatoms. The molecule has 6 nitrogen and oxygen atoms in total. The molecule has 1 aromatic heterocycles. The molecule has 1 aromatic carbocycles. The van der Waals surface area contributed by atoms with Crippen molar-refractivity contribution in [3.05, 3.63) is 24.0 Å². The summed E-state index contributed by atoms with van der Waals surface area (Å²) in [5, 5.41) is 0. The highest BCUT2D eigenvalue weighted by Crippen LogP contribution is 2.30. The zero-order valence-corrected chi connectivity index (χ0v) is 10.8. The number of imidazole rings is 1. The molecule has 0 radical (unpaired) electrons. The van der Waals surface area contributed by atoms with Crippen LogP contribution >= 0.6 is 0 Å². The van der Waals surface area contributed by atoms with E-state index < -0.39 is 11.9 Å². The van der Waals surface area contributed by atoms with Gasteiger partial charge in [0, 0.05) is 19.5 Å². The Balaban J connectivity index is 2.12. The maximum atomic E-state index is 13.2. The Morgan fingerprint density at radius 3 is 2.90 bits per heavy atom. The van der Waals surface area contributed by atoms with Crippen LogP contribution in [0.3, 0.4) is 0 Å². The number of rotatable bonds is 1. The first kappa shape index (κ1) is 12.6. The van der Waals surface area contributed by atoms with Crippen LogP contribution in [0.25, 0.3) is 11.0 Å². The number of benzene rings is 1. The van der Waals surface area contributed by atoms with Gasteiger partial charge < -0.3 is 5.73 Å². The average Bonchev–Trinajstić information content (AvgIpc) is 2.72. The number of hydrogen-bond acceptors (Lipinski definition) is 4.